The predicted molar refractivity (Wildman–Crippen MR) is 88.1 cm³/mol. The number of benzene rings is 1. The lowest BCUT2D eigenvalue weighted by molar-refractivity contribution is 0.0833. The molecular formula is C18H29N3. The lowest BCUT2D eigenvalue weighted by Gasteiger charge is -2.41. The van der Waals surface area contributed by atoms with Crippen LogP contribution in [0.1, 0.15) is 38.2 Å². The zero-order valence-electron chi connectivity index (χ0n) is 13.2. The second-order valence-corrected chi connectivity index (χ2v) is 6.82. The van der Waals surface area contributed by atoms with Crippen LogP contribution >= 0.6 is 0 Å². The molecule has 0 amide bonds. The average molecular weight is 287 g/mol. The third kappa shape index (κ3) is 3.65. The fraction of sp³-hybridized carbons (Fsp3) is 0.667. The summed E-state index contributed by atoms with van der Waals surface area (Å²) in [6.07, 6.45) is 5.28. The van der Waals surface area contributed by atoms with E-state index in [4.69, 9.17) is 5.73 Å². The minimum Gasteiger partial charge on any atom is -0.327 e. The lowest BCUT2D eigenvalue weighted by atomic mass is 9.95. The van der Waals surface area contributed by atoms with Gasteiger partial charge in [-0.25, -0.2) is 0 Å². The highest BCUT2D eigenvalue weighted by Crippen LogP contribution is 2.26. The first-order valence-electron chi connectivity index (χ1n) is 8.51. The van der Waals surface area contributed by atoms with Gasteiger partial charge in [0.15, 0.2) is 0 Å². The molecule has 21 heavy (non-hydrogen) atoms. The molecule has 2 aliphatic rings. The number of rotatable bonds is 4. The molecule has 2 heterocycles. The lowest BCUT2D eigenvalue weighted by Crippen LogP contribution is -2.54. The molecule has 2 fully saturated rings. The van der Waals surface area contributed by atoms with Crippen molar-refractivity contribution in [3.05, 3.63) is 35.9 Å². The summed E-state index contributed by atoms with van der Waals surface area (Å²) in [6.45, 7) is 6.95. The second-order valence-electron chi connectivity index (χ2n) is 6.82. The summed E-state index contributed by atoms with van der Waals surface area (Å²) in [4.78, 5) is 5.33. The van der Waals surface area contributed by atoms with E-state index in [9.17, 15) is 0 Å². The maximum Gasteiger partial charge on any atom is 0.0247 e. The summed E-state index contributed by atoms with van der Waals surface area (Å²) < 4.78 is 0. The quantitative estimate of drug-likeness (QED) is 0.923. The summed E-state index contributed by atoms with van der Waals surface area (Å²) in [7, 11) is 0. The van der Waals surface area contributed by atoms with E-state index in [0.29, 0.717) is 18.1 Å². The SMILES string of the molecule is CC(N)C1CCCCN1C1CCN(Cc2ccccc2)C1. The predicted octanol–water partition coefficient (Wildman–Crippen LogP) is 2.46. The van der Waals surface area contributed by atoms with Gasteiger partial charge < -0.3 is 5.73 Å². The molecule has 0 radical (unpaired) electrons. The van der Waals surface area contributed by atoms with E-state index in [2.05, 4.69) is 47.1 Å². The Balaban J connectivity index is 1.58. The maximum atomic E-state index is 6.23. The Bertz CT molecular complexity index is 431. The third-order valence-electron chi connectivity index (χ3n) is 5.16. The zero-order chi connectivity index (χ0) is 14.7. The van der Waals surface area contributed by atoms with Gasteiger partial charge in [-0.1, -0.05) is 36.8 Å². The van der Waals surface area contributed by atoms with Gasteiger partial charge in [0.2, 0.25) is 0 Å². The molecule has 0 aromatic heterocycles. The van der Waals surface area contributed by atoms with Crippen LogP contribution in [-0.4, -0.2) is 47.6 Å². The van der Waals surface area contributed by atoms with Crippen molar-refractivity contribution >= 4 is 0 Å². The molecular weight excluding hydrogens is 258 g/mol. The van der Waals surface area contributed by atoms with E-state index >= 15 is 0 Å². The number of piperidine rings is 1. The largest absolute Gasteiger partial charge is 0.327 e. The van der Waals surface area contributed by atoms with Gasteiger partial charge in [0.05, 0.1) is 0 Å². The van der Waals surface area contributed by atoms with E-state index in [1.165, 1.54) is 50.9 Å². The standard InChI is InChI=1S/C18H29N3/c1-15(19)18-9-5-6-11-21(18)17-10-12-20(14-17)13-16-7-3-2-4-8-16/h2-4,7-8,15,17-18H,5-6,9-14,19H2,1H3. The fourth-order valence-corrected chi connectivity index (χ4v) is 4.07. The minimum absolute atomic E-state index is 0.300. The topological polar surface area (TPSA) is 32.5 Å². The smallest absolute Gasteiger partial charge is 0.0247 e. The van der Waals surface area contributed by atoms with E-state index < -0.39 is 0 Å². The van der Waals surface area contributed by atoms with Gasteiger partial charge in [0.25, 0.3) is 0 Å². The Labute approximate surface area is 129 Å². The zero-order valence-corrected chi connectivity index (χ0v) is 13.2. The highest BCUT2D eigenvalue weighted by Gasteiger charge is 2.34. The monoisotopic (exact) mass is 287 g/mol. The van der Waals surface area contributed by atoms with Crippen LogP contribution in [0.25, 0.3) is 0 Å². The second kappa shape index (κ2) is 6.91. The molecule has 2 aliphatic heterocycles. The van der Waals surface area contributed by atoms with Crippen molar-refractivity contribution < 1.29 is 0 Å². The van der Waals surface area contributed by atoms with Crippen LogP contribution in [0.5, 0.6) is 0 Å². The molecule has 0 saturated carbocycles. The van der Waals surface area contributed by atoms with E-state index in [0.717, 1.165) is 6.54 Å². The average Bonchev–Trinajstić information content (AvgIpc) is 2.96. The Hall–Kier alpha value is -0.900. The molecule has 3 atom stereocenters. The van der Waals surface area contributed by atoms with Crippen LogP contribution < -0.4 is 5.73 Å². The summed E-state index contributed by atoms with van der Waals surface area (Å²) >= 11 is 0. The molecule has 0 spiro atoms. The maximum absolute atomic E-state index is 6.23. The highest BCUT2D eigenvalue weighted by molar-refractivity contribution is 5.14. The number of hydrogen-bond acceptors (Lipinski definition) is 3. The van der Waals surface area contributed by atoms with Crippen LogP contribution in [0.3, 0.4) is 0 Å². The van der Waals surface area contributed by atoms with Gasteiger partial charge in [-0.05, 0) is 38.3 Å². The molecule has 0 bridgehead atoms. The van der Waals surface area contributed by atoms with Gasteiger partial charge in [0.1, 0.15) is 0 Å². The first kappa shape index (κ1) is 15.0. The van der Waals surface area contributed by atoms with Gasteiger partial charge in [-0.3, -0.25) is 9.80 Å². The molecule has 2 N–H and O–H groups in total. The Morgan fingerprint density at radius 2 is 1.95 bits per heavy atom. The van der Waals surface area contributed by atoms with Crippen molar-refractivity contribution in [2.24, 2.45) is 5.73 Å². The first-order valence-corrected chi connectivity index (χ1v) is 8.51. The normalized spacial score (nSPS) is 29.6. The van der Waals surface area contributed by atoms with Crippen molar-refractivity contribution in [2.45, 2.75) is 57.3 Å². The molecule has 3 unspecified atom stereocenters. The molecule has 1 aromatic rings. The molecule has 2 saturated heterocycles. The Morgan fingerprint density at radius 1 is 1.14 bits per heavy atom. The summed E-state index contributed by atoms with van der Waals surface area (Å²) in [5.41, 5.74) is 7.66. The van der Waals surface area contributed by atoms with E-state index in [1.807, 2.05) is 0 Å². The molecule has 3 rings (SSSR count). The van der Waals surface area contributed by atoms with Crippen molar-refractivity contribution in [3.8, 4) is 0 Å². The molecule has 3 nitrogen and oxygen atoms in total. The van der Waals surface area contributed by atoms with Crippen LogP contribution in [0.4, 0.5) is 0 Å². The number of likely N-dealkylation sites (tertiary alicyclic amines) is 2. The third-order valence-corrected chi connectivity index (χ3v) is 5.16. The number of hydrogen-bond donors (Lipinski definition) is 1. The first-order chi connectivity index (χ1) is 10.2. The highest BCUT2D eigenvalue weighted by atomic mass is 15.3. The van der Waals surface area contributed by atoms with Gasteiger partial charge in [-0.15, -0.1) is 0 Å². The molecule has 3 heteroatoms. The van der Waals surface area contributed by atoms with E-state index in [-0.39, 0.29) is 0 Å². The van der Waals surface area contributed by atoms with Crippen molar-refractivity contribution in [2.75, 3.05) is 19.6 Å². The Morgan fingerprint density at radius 3 is 2.71 bits per heavy atom. The van der Waals surface area contributed by atoms with Gasteiger partial charge in [0, 0.05) is 37.8 Å². The van der Waals surface area contributed by atoms with Crippen LogP contribution in [0.2, 0.25) is 0 Å². The van der Waals surface area contributed by atoms with Crippen molar-refractivity contribution in [1.82, 2.24) is 9.80 Å². The number of nitrogens with two attached hydrogens (primary N) is 1. The molecule has 116 valence electrons. The van der Waals surface area contributed by atoms with Gasteiger partial charge in [-0.2, -0.15) is 0 Å². The van der Waals surface area contributed by atoms with E-state index in [1.54, 1.807) is 0 Å². The molecule has 0 aliphatic carbocycles. The van der Waals surface area contributed by atoms with Crippen LogP contribution in [0.15, 0.2) is 30.3 Å². The summed E-state index contributed by atoms with van der Waals surface area (Å²) in [5, 5.41) is 0. The van der Waals surface area contributed by atoms with Crippen LogP contribution in [0, 0.1) is 0 Å². The summed E-state index contributed by atoms with van der Waals surface area (Å²) in [6, 6.07) is 12.5. The van der Waals surface area contributed by atoms with Crippen molar-refractivity contribution in [1.29, 1.82) is 0 Å². The Kier molecular flexibility index (Phi) is 4.94. The molecule has 1 aromatic carbocycles. The fourth-order valence-electron chi connectivity index (χ4n) is 4.07. The number of nitrogens with zero attached hydrogens (tertiary/aromatic N) is 2. The van der Waals surface area contributed by atoms with Gasteiger partial charge >= 0.3 is 0 Å². The summed E-state index contributed by atoms with van der Waals surface area (Å²) in [5.74, 6) is 0. The minimum atomic E-state index is 0.300. The van der Waals surface area contributed by atoms with Crippen molar-refractivity contribution in [3.63, 3.8) is 0 Å². The van der Waals surface area contributed by atoms with Crippen LogP contribution in [-0.2, 0) is 6.54 Å².